The number of nitro groups is 1. The predicted octanol–water partition coefficient (Wildman–Crippen LogP) is 3.95. The SMILES string of the molecule is Cc1ccc(Cl)c(NC(=O)c2cc([N+](=O)[O-])ccc2F)c1. The summed E-state index contributed by atoms with van der Waals surface area (Å²) in [7, 11) is 0. The van der Waals surface area contributed by atoms with E-state index in [0.717, 1.165) is 23.8 Å². The first-order valence-corrected chi connectivity index (χ1v) is 6.27. The van der Waals surface area contributed by atoms with Crippen molar-refractivity contribution in [2.75, 3.05) is 5.32 Å². The predicted molar refractivity (Wildman–Crippen MR) is 77.2 cm³/mol. The van der Waals surface area contributed by atoms with Gasteiger partial charge in [-0.3, -0.25) is 14.9 Å². The van der Waals surface area contributed by atoms with Crippen LogP contribution >= 0.6 is 11.6 Å². The molecule has 0 atom stereocenters. The summed E-state index contributed by atoms with van der Waals surface area (Å²) in [5.41, 5.74) is 0.389. The summed E-state index contributed by atoms with van der Waals surface area (Å²) in [5, 5.41) is 13.4. The lowest BCUT2D eigenvalue weighted by molar-refractivity contribution is -0.384. The van der Waals surface area contributed by atoms with Crippen molar-refractivity contribution < 1.29 is 14.1 Å². The number of non-ortho nitro benzene ring substituents is 1. The van der Waals surface area contributed by atoms with Gasteiger partial charge < -0.3 is 5.32 Å². The van der Waals surface area contributed by atoms with Gasteiger partial charge in [-0.25, -0.2) is 4.39 Å². The zero-order valence-electron chi connectivity index (χ0n) is 10.9. The fourth-order valence-electron chi connectivity index (χ4n) is 1.73. The molecule has 2 aromatic rings. The van der Waals surface area contributed by atoms with Gasteiger partial charge in [-0.2, -0.15) is 0 Å². The molecule has 0 saturated carbocycles. The smallest absolute Gasteiger partial charge is 0.270 e. The minimum Gasteiger partial charge on any atom is -0.321 e. The van der Waals surface area contributed by atoms with Gasteiger partial charge in [0, 0.05) is 12.1 Å². The van der Waals surface area contributed by atoms with E-state index < -0.39 is 22.2 Å². The van der Waals surface area contributed by atoms with Gasteiger partial charge in [-0.05, 0) is 30.7 Å². The van der Waals surface area contributed by atoms with Crippen LogP contribution in [0.1, 0.15) is 15.9 Å². The van der Waals surface area contributed by atoms with E-state index in [4.69, 9.17) is 11.6 Å². The van der Waals surface area contributed by atoms with Crippen molar-refractivity contribution in [1.29, 1.82) is 0 Å². The maximum absolute atomic E-state index is 13.6. The number of nitrogens with zero attached hydrogens (tertiary/aromatic N) is 1. The van der Waals surface area contributed by atoms with E-state index in [1.54, 1.807) is 25.1 Å². The Balaban J connectivity index is 2.34. The van der Waals surface area contributed by atoms with Crippen molar-refractivity contribution in [2.45, 2.75) is 6.92 Å². The number of amides is 1. The maximum atomic E-state index is 13.6. The number of aryl methyl sites for hydroxylation is 1. The Morgan fingerprint density at radius 2 is 2.00 bits per heavy atom. The van der Waals surface area contributed by atoms with Gasteiger partial charge in [0.2, 0.25) is 0 Å². The number of rotatable bonds is 3. The number of nitrogens with one attached hydrogen (secondary N) is 1. The highest BCUT2D eigenvalue weighted by Crippen LogP contribution is 2.24. The number of hydrogen-bond donors (Lipinski definition) is 1. The van der Waals surface area contributed by atoms with Crippen LogP contribution < -0.4 is 5.32 Å². The second-order valence-electron chi connectivity index (χ2n) is 4.36. The van der Waals surface area contributed by atoms with Crippen LogP contribution in [0.2, 0.25) is 5.02 Å². The number of hydrogen-bond acceptors (Lipinski definition) is 3. The Bertz CT molecular complexity index is 734. The highest BCUT2D eigenvalue weighted by Gasteiger charge is 2.17. The second-order valence-corrected chi connectivity index (χ2v) is 4.77. The number of carbonyl (C=O) groups excluding carboxylic acids is 1. The molecule has 0 saturated heterocycles. The van der Waals surface area contributed by atoms with Crippen molar-refractivity contribution in [1.82, 2.24) is 0 Å². The van der Waals surface area contributed by atoms with Crippen LogP contribution in [-0.4, -0.2) is 10.8 Å². The van der Waals surface area contributed by atoms with E-state index in [1.807, 2.05) is 0 Å². The summed E-state index contributed by atoms with van der Waals surface area (Å²) in [4.78, 5) is 22.0. The topological polar surface area (TPSA) is 72.2 Å². The van der Waals surface area contributed by atoms with Gasteiger partial charge in [0.05, 0.1) is 21.2 Å². The van der Waals surface area contributed by atoms with Crippen LogP contribution in [0.4, 0.5) is 15.8 Å². The summed E-state index contributed by atoms with van der Waals surface area (Å²) < 4.78 is 13.6. The van der Waals surface area contributed by atoms with Crippen LogP contribution in [0, 0.1) is 22.9 Å². The first-order chi connectivity index (χ1) is 9.88. The summed E-state index contributed by atoms with van der Waals surface area (Å²) in [6.07, 6.45) is 0. The minimum absolute atomic E-state index is 0.291. The van der Waals surface area contributed by atoms with Gasteiger partial charge in [0.15, 0.2) is 0 Å². The first kappa shape index (κ1) is 14.9. The highest BCUT2D eigenvalue weighted by atomic mass is 35.5. The number of halogens is 2. The fraction of sp³-hybridized carbons (Fsp3) is 0.0714. The highest BCUT2D eigenvalue weighted by molar-refractivity contribution is 6.34. The van der Waals surface area contributed by atoms with Crippen molar-refractivity contribution >= 4 is 28.9 Å². The molecule has 0 aliphatic heterocycles. The Hall–Kier alpha value is -2.47. The van der Waals surface area contributed by atoms with Crippen LogP contribution in [-0.2, 0) is 0 Å². The van der Waals surface area contributed by atoms with Crippen LogP contribution in [0.5, 0.6) is 0 Å². The Morgan fingerprint density at radius 1 is 1.29 bits per heavy atom. The number of anilines is 1. The molecule has 2 rings (SSSR count). The van der Waals surface area contributed by atoms with Crippen LogP contribution in [0.3, 0.4) is 0 Å². The lowest BCUT2D eigenvalue weighted by Gasteiger charge is -2.08. The third-order valence-electron chi connectivity index (χ3n) is 2.78. The molecule has 0 spiro atoms. The Morgan fingerprint density at radius 3 is 2.67 bits per heavy atom. The molecule has 2 aromatic carbocycles. The largest absolute Gasteiger partial charge is 0.321 e. The average molecular weight is 309 g/mol. The van der Waals surface area contributed by atoms with Crippen LogP contribution in [0.25, 0.3) is 0 Å². The van der Waals surface area contributed by atoms with E-state index in [-0.39, 0.29) is 5.69 Å². The minimum atomic E-state index is -0.845. The summed E-state index contributed by atoms with van der Waals surface area (Å²) in [6.45, 7) is 1.81. The Labute approximate surface area is 124 Å². The van der Waals surface area contributed by atoms with E-state index in [1.165, 1.54) is 0 Å². The summed E-state index contributed by atoms with van der Waals surface area (Å²) in [6, 6.07) is 7.72. The monoisotopic (exact) mass is 308 g/mol. The summed E-state index contributed by atoms with van der Waals surface area (Å²) in [5.74, 6) is -1.65. The molecule has 0 unspecified atom stereocenters. The van der Waals surface area contributed by atoms with Gasteiger partial charge >= 0.3 is 0 Å². The molecule has 21 heavy (non-hydrogen) atoms. The van der Waals surface area contributed by atoms with Crippen molar-refractivity contribution in [3.63, 3.8) is 0 Å². The first-order valence-electron chi connectivity index (χ1n) is 5.90. The zero-order chi connectivity index (χ0) is 15.6. The van der Waals surface area contributed by atoms with E-state index in [2.05, 4.69) is 5.32 Å². The maximum Gasteiger partial charge on any atom is 0.270 e. The molecule has 0 heterocycles. The standard InChI is InChI=1S/C14H10ClFN2O3/c1-8-2-4-11(15)13(6-8)17-14(19)10-7-9(18(20)21)3-5-12(10)16/h2-7H,1H3,(H,17,19). The molecule has 7 heteroatoms. The molecule has 0 bridgehead atoms. The third-order valence-corrected chi connectivity index (χ3v) is 3.11. The normalized spacial score (nSPS) is 10.2. The lowest BCUT2D eigenvalue weighted by Crippen LogP contribution is -2.14. The molecule has 0 radical (unpaired) electrons. The zero-order valence-corrected chi connectivity index (χ0v) is 11.6. The van der Waals surface area contributed by atoms with Gasteiger partial charge in [0.25, 0.3) is 11.6 Å². The van der Waals surface area contributed by atoms with Gasteiger partial charge in [-0.1, -0.05) is 17.7 Å². The van der Waals surface area contributed by atoms with Gasteiger partial charge in [0.1, 0.15) is 5.82 Å². The molecule has 0 aliphatic rings. The third kappa shape index (κ3) is 3.35. The Kier molecular flexibility index (Phi) is 4.18. The number of benzene rings is 2. The molecular weight excluding hydrogens is 299 g/mol. The molecule has 5 nitrogen and oxygen atoms in total. The molecule has 0 aliphatic carbocycles. The average Bonchev–Trinajstić information content (AvgIpc) is 2.43. The quantitative estimate of drug-likeness (QED) is 0.689. The number of carbonyl (C=O) groups is 1. The van der Waals surface area contributed by atoms with E-state index in [0.29, 0.717) is 10.7 Å². The van der Waals surface area contributed by atoms with Crippen molar-refractivity contribution in [3.8, 4) is 0 Å². The second kappa shape index (κ2) is 5.88. The lowest BCUT2D eigenvalue weighted by atomic mass is 10.1. The van der Waals surface area contributed by atoms with Gasteiger partial charge in [-0.15, -0.1) is 0 Å². The molecule has 0 fully saturated rings. The molecule has 0 aromatic heterocycles. The van der Waals surface area contributed by atoms with Crippen molar-refractivity contribution in [3.05, 3.63) is 68.5 Å². The van der Waals surface area contributed by atoms with E-state index >= 15 is 0 Å². The van der Waals surface area contributed by atoms with E-state index in [9.17, 15) is 19.3 Å². The molecule has 108 valence electrons. The van der Waals surface area contributed by atoms with Crippen molar-refractivity contribution in [2.24, 2.45) is 0 Å². The molecule has 1 N–H and O–H groups in total. The number of nitro benzene ring substituents is 1. The molecular formula is C14H10ClFN2O3. The fourth-order valence-corrected chi connectivity index (χ4v) is 1.89. The van der Waals surface area contributed by atoms with Crippen LogP contribution in [0.15, 0.2) is 36.4 Å². The summed E-state index contributed by atoms with van der Waals surface area (Å²) >= 11 is 5.93. The molecule has 1 amide bonds.